The average molecular weight is 328 g/mol. The molecule has 0 saturated heterocycles. The van der Waals surface area contributed by atoms with Gasteiger partial charge in [-0.2, -0.15) is 0 Å². The maximum Gasteiger partial charge on any atom is 0.150 e. The molecule has 0 radical (unpaired) electrons. The molecule has 0 bridgehead atoms. The second-order valence-electron chi connectivity index (χ2n) is 6.73. The summed E-state index contributed by atoms with van der Waals surface area (Å²) in [7, 11) is 1.66. The molecular formula is C20H24O2S. The van der Waals surface area contributed by atoms with Crippen LogP contribution in [-0.4, -0.2) is 13.4 Å². The molecule has 0 saturated carbocycles. The second kappa shape index (κ2) is 7.22. The minimum atomic E-state index is 0.102. The first-order chi connectivity index (χ1) is 10.8. The van der Waals surface area contributed by atoms with Crippen molar-refractivity contribution in [2.24, 2.45) is 0 Å². The topological polar surface area (TPSA) is 26.3 Å². The summed E-state index contributed by atoms with van der Waals surface area (Å²) in [5.74, 6) is 1.60. The Kier molecular flexibility index (Phi) is 5.53. The number of benzene rings is 2. The maximum atomic E-state index is 11.0. The number of carbonyl (C=O) groups is 1. The second-order valence-corrected chi connectivity index (χ2v) is 7.74. The molecule has 0 aliphatic carbocycles. The van der Waals surface area contributed by atoms with Gasteiger partial charge in [0.1, 0.15) is 12.0 Å². The molecule has 2 rings (SSSR count). The first-order valence-electron chi connectivity index (χ1n) is 7.71. The minimum absolute atomic E-state index is 0.102. The number of hydrogen-bond donors (Lipinski definition) is 0. The van der Waals surface area contributed by atoms with E-state index in [4.69, 9.17) is 4.74 Å². The molecule has 122 valence electrons. The SMILES string of the molecule is COc1ccc(C=O)cc1CSc1cc(C)ccc1C(C)(C)C. The van der Waals surface area contributed by atoms with Gasteiger partial charge < -0.3 is 4.74 Å². The van der Waals surface area contributed by atoms with Crippen molar-refractivity contribution in [3.05, 3.63) is 58.7 Å². The molecule has 0 aromatic heterocycles. The van der Waals surface area contributed by atoms with Gasteiger partial charge in [0.15, 0.2) is 0 Å². The lowest BCUT2D eigenvalue weighted by Gasteiger charge is -2.23. The Bertz CT molecular complexity index is 699. The number of thioether (sulfide) groups is 1. The molecule has 0 amide bonds. The fourth-order valence-electron chi connectivity index (χ4n) is 2.51. The predicted octanol–water partition coefficient (Wildman–Crippen LogP) is 5.41. The highest BCUT2D eigenvalue weighted by Gasteiger charge is 2.18. The highest BCUT2D eigenvalue weighted by Crippen LogP contribution is 2.36. The Balaban J connectivity index is 2.31. The lowest BCUT2D eigenvalue weighted by molar-refractivity contribution is 0.112. The maximum absolute atomic E-state index is 11.0. The van der Waals surface area contributed by atoms with Crippen molar-refractivity contribution in [1.29, 1.82) is 0 Å². The molecule has 2 aromatic rings. The van der Waals surface area contributed by atoms with Crippen LogP contribution in [0, 0.1) is 6.92 Å². The predicted molar refractivity (Wildman–Crippen MR) is 97.8 cm³/mol. The molecule has 0 aliphatic heterocycles. The van der Waals surface area contributed by atoms with Crippen LogP contribution in [0.15, 0.2) is 41.3 Å². The van der Waals surface area contributed by atoms with Gasteiger partial charge in [-0.3, -0.25) is 4.79 Å². The highest BCUT2D eigenvalue weighted by atomic mass is 32.2. The quantitative estimate of drug-likeness (QED) is 0.542. The summed E-state index contributed by atoms with van der Waals surface area (Å²) in [4.78, 5) is 12.3. The van der Waals surface area contributed by atoms with Crippen LogP contribution in [0.3, 0.4) is 0 Å². The van der Waals surface area contributed by atoms with Crippen molar-refractivity contribution in [2.75, 3.05) is 7.11 Å². The average Bonchev–Trinajstić information content (AvgIpc) is 2.51. The number of aryl methyl sites for hydroxylation is 1. The number of carbonyl (C=O) groups excluding carboxylic acids is 1. The standard InChI is InChI=1S/C20H24O2S/c1-14-6-8-17(20(2,3)4)19(10-14)23-13-16-11-15(12-21)7-9-18(16)22-5/h6-12H,13H2,1-5H3. The van der Waals surface area contributed by atoms with Crippen LogP contribution in [0.1, 0.15) is 47.8 Å². The molecule has 2 nitrogen and oxygen atoms in total. The van der Waals surface area contributed by atoms with E-state index in [1.807, 2.05) is 12.1 Å². The Labute approximate surface area is 143 Å². The van der Waals surface area contributed by atoms with E-state index in [2.05, 4.69) is 45.9 Å². The molecule has 0 N–H and O–H groups in total. The molecule has 0 spiro atoms. The molecule has 0 heterocycles. The Morgan fingerprint density at radius 3 is 2.48 bits per heavy atom. The van der Waals surface area contributed by atoms with Crippen LogP contribution in [0.5, 0.6) is 5.75 Å². The first kappa shape index (κ1) is 17.6. The molecule has 0 unspecified atom stereocenters. The largest absolute Gasteiger partial charge is 0.496 e. The van der Waals surface area contributed by atoms with E-state index in [-0.39, 0.29) is 5.41 Å². The van der Waals surface area contributed by atoms with Crippen LogP contribution in [0.4, 0.5) is 0 Å². The van der Waals surface area contributed by atoms with Crippen molar-refractivity contribution in [3.63, 3.8) is 0 Å². The van der Waals surface area contributed by atoms with Crippen molar-refractivity contribution in [3.8, 4) is 5.75 Å². The van der Waals surface area contributed by atoms with E-state index in [1.54, 1.807) is 24.9 Å². The molecule has 23 heavy (non-hydrogen) atoms. The molecule has 2 aromatic carbocycles. The zero-order valence-electron chi connectivity index (χ0n) is 14.5. The van der Waals surface area contributed by atoms with Crippen molar-refractivity contribution in [1.82, 2.24) is 0 Å². The third-order valence-electron chi connectivity index (χ3n) is 3.77. The van der Waals surface area contributed by atoms with Crippen molar-refractivity contribution in [2.45, 2.75) is 43.8 Å². The van der Waals surface area contributed by atoms with Gasteiger partial charge in [0, 0.05) is 21.8 Å². The van der Waals surface area contributed by atoms with Gasteiger partial charge >= 0.3 is 0 Å². The van der Waals surface area contributed by atoms with Crippen LogP contribution in [-0.2, 0) is 11.2 Å². The van der Waals surface area contributed by atoms with Crippen molar-refractivity contribution >= 4 is 18.0 Å². The van der Waals surface area contributed by atoms with Gasteiger partial charge in [-0.05, 0) is 47.7 Å². The fraction of sp³-hybridized carbons (Fsp3) is 0.350. The van der Waals surface area contributed by atoms with Gasteiger partial charge in [-0.15, -0.1) is 11.8 Å². The Morgan fingerprint density at radius 1 is 1.13 bits per heavy atom. The molecule has 0 aliphatic rings. The zero-order chi connectivity index (χ0) is 17.0. The molecule has 0 fully saturated rings. The summed E-state index contributed by atoms with van der Waals surface area (Å²) in [6.45, 7) is 8.81. The zero-order valence-corrected chi connectivity index (χ0v) is 15.3. The van der Waals surface area contributed by atoms with Gasteiger partial charge in [-0.25, -0.2) is 0 Å². The summed E-state index contributed by atoms with van der Waals surface area (Å²) in [6.07, 6.45) is 0.876. The first-order valence-corrected chi connectivity index (χ1v) is 8.69. The summed E-state index contributed by atoms with van der Waals surface area (Å²) in [6, 6.07) is 12.2. The van der Waals surface area contributed by atoms with E-state index in [9.17, 15) is 4.79 Å². The minimum Gasteiger partial charge on any atom is -0.496 e. The van der Waals surface area contributed by atoms with Crippen LogP contribution >= 0.6 is 11.8 Å². The van der Waals surface area contributed by atoms with Crippen molar-refractivity contribution < 1.29 is 9.53 Å². The number of aldehydes is 1. The third-order valence-corrected chi connectivity index (χ3v) is 4.87. The summed E-state index contributed by atoms with van der Waals surface area (Å²) in [5.41, 5.74) is 4.43. The Morgan fingerprint density at radius 2 is 1.87 bits per heavy atom. The van der Waals surface area contributed by atoms with Crippen LogP contribution < -0.4 is 4.74 Å². The van der Waals surface area contributed by atoms with E-state index >= 15 is 0 Å². The van der Waals surface area contributed by atoms with E-state index in [0.29, 0.717) is 5.56 Å². The van der Waals surface area contributed by atoms with E-state index in [1.165, 1.54) is 16.0 Å². The monoisotopic (exact) mass is 328 g/mol. The molecular weight excluding hydrogens is 304 g/mol. The van der Waals surface area contributed by atoms with Gasteiger partial charge in [0.25, 0.3) is 0 Å². The summed E-state index contributed by atoms with van der Waals surface area (Å²) in [5, 5.41) is 0. The van der Waals surface area contributed by atoms with Gasteiger partial charge in [0.05, 0.1) is 7.11 Å². The van der Waals surface area contributed by atoms with E-state index < -0.39 is 0 Å². The number of hydrogen-bond acceptors (Lipinski definition) is 3. The molecule has 0 atom stereocenters. The smallest absolute Gasteiger partial charge is 0.150 e. The fourth-order valence-corrected chi connectivity index (χ4v) is 3.84. The lowest BCUT2D eigenvalue weighted by Crippen LogP contribution is -2.12. The normalized spacial score (nSPS) is 11.3. The van der Waals surface area contributed by atoms with E-state index in [0.717, 1.165) is 23.4 Å². The summed E-state index contributed by atoms with van der Waals surface area (Å²) >= 11 is 1.79. The third kappa shape index (κ3) is 4.38. The molecule has 3 heteroatoms. The Hall–Kier alpha value is -1.74. The highest BCUT2D eigenvalue weighted by molar-refractivity contribution is 7.98. The van der Waals surface area contributed by atoms with Gasteiger partial charge in [-0.1, -0.05) is 32.9 Å². The van der Waals surface area contributed by atoms with Crippen LogP contribution in [0.25, 0.3) is 0 Å². The van der Waals surface area contributed by atoms with Crippen LogP contribution in [0.2, 0.25) is 0 Å². The number of ether oxygens (including phenoxy) is 1. The lowest BCUT2D eigenvalue weighted by atomic mass is 9.86. The number of rotatable bonds is 5. The number of methoxy groups -OCH3 is 1. The van der Waals surface area contributed by atoms with Gasteiger partial charge in [0.2, 0.25) is 0 Å². The summed E-state index contributed by atoms with van der Waals surface area (Å²) < 4.78 is 5.43.